The molecular weight excluding hydrogens is 358 g/mol. The van der Waals surface area contributed by atoms with E-state index < -0.39 is 17.8 Å². The molecule has 1 aromatic carbocycles. The Morgan fingerprint density at radius 3 is 2.36 bits per heavy atom. The Morgan fingerprint density at radius 2 is 1.71 bits per heavy atom. The van der Waals surface area contributed by atoms with E-state index in [1.807, 2.05) is 12.2 Å². The van der Waals surface area contributed by atoms with Crippen LogP contribution >= 0.6 is 0 Å². The minimum atomic E-state index is -0.922. The van der Waals surface area contributed by atoms with Crippen LogP contribution in [0.1, 0.15) is 49.4 Å². The van der Waals surface area contributed by atoms with E-state index in [-0.39, 0.29) is 23.7 Å². The lowest BCUT2D eigenvalue weighted by atomic mass is 9.82. The SMILES string of the molecule is CCCCCCOC(=O)c1ccc(NC(=O)[C@@H]2[C@H](C(=O)O)[C@H]3C=C[C@H]2C3)cc1. The number of esters is 1. The number of aliphatic carboxylic acids is 1. The first-order chi connectivity index (χ1) is 13.5. The van der Waals surface area contributed by atoms with Gasteiger partial charge in [0.1, 0.15) is 0 Å². The molecule has 2 bridgehead atoms. The highest BCUT2D eigenvalue weighted by atomic mass is 16.5. The van der Waals surface area contributed by atoms with Gasteiger partial charge in [0.15, 0.2) is 0 Å². The number of allylic oxidation sites excluding steroid dienone is 2. The number of carboxylic acid groups (broad SMARTS) is 1. The molecule has 0 unspecified atom stereocenters. The molecule has 3 rings (SSSR count). The summed E-state index contributed by atoms with van der Waals surface area (Å²) in [4.78, 5) is 36.3. The molecule has 4 atom stereocenters. The highest BCUT2D eigenvalue weighted by Gasteiger charge is 2.51. The van der Waals surface area contributed by atoms with Crippen molar-refractivity contribution in [2.24, 2.45) is 23.7 Å². The average molecular weight is 385 g/mol. The summed E-state index contributed by atoms with van der Waals surface area (Å²) in [6.45, 7) is 2.54. The van der Waals surface area contributed by atoms with E-state index in [0.29, 0.717) is 17.9 Å². The predicted molar refractivity (Wildman–Crippen MR) is 105 cm³/mol. The fourth-order valence-electron chi connectivity index (χ4n) is 4.21. The Kier molecular flexibility index (Phi) is 6.49. The second-order valence-electron chi connectivity index (χ2n) is 7.60. The van der Waals surface area contributed by atoms with E-state index >= 15 is 0 Å². The third kappa shape index (κ3) is 4.43. The summed E-state index contributed by atoms with van der Waals surface area (Å²) >= 11 is 0. The molecule has 2 aliphatic rings. The molecule has 150 valence electrons. The molecule has 0 heterocycles. The van der Waals surface area contributed by atoms with Crippen molar-refractivity contribution in [1.82, 2.24) is 0 Å². The maximum absolute atomic E-state index is 12.7. The number of fused-ring (bicyclic) bond motifs is 2. The van der Waals surface area contributed by atoms with E-state index in [4.69, 9.17) is 4.74 Å². The number of hydrogen-bond donors (Lipinski definition) is 2. The number of benzene rings is 1. The Balaban J connectivity index is 1.54. The zero-order valence-electron chi connectivity index (χ0n) is 16.1. The van der Waals surface area contributed by atoms with Gasteiger partial charge in [-0.1, -0.05) is 38.3 Å². The normalized spacial score (nSPS) is 24.9. The zero-order chi connectivity index (χ0) is 20.1. The summed E-state index contributed by atoms with van der Waals surface area (Å²) in [5.74, 6) is -2.89. The Morgan fingerprint density at radius 1 is 1.04 bits per heavy atom. The number of hydrogen-bond acceptors (Lipinski definition) is 4. The van der Waals surface area contributed by atoms with Gasteiger partial charge in [-0.15, -0.1) is 0 Å². The molecule has 1 amide bonds. The first kappa shape index (κ1) is 20.1. The van der Waals surface area contributed by atoms with Crippen molar-refractivity contribution in [1.29, 1.82) is 0 Å². The number of rotatable bonds is 9. The Labute approximate surface area is 165 Å². The molecule has 0 saturated heterocycles. The van der Waals surface area contributed by atoms with Crippen molar-refractivity contribution in [3.05, 3.63) is 42.0 Å². The molecule has 0 aromatic heterocycles. The number of nitrogens with one attached hydrogen (secondary N) is 1. The Bertz CT molecular complexity index is 755. The number of amides is 1. The smallest absolute Gasteiger partial charge is 0.338 e. The van der Waals surface area contributed by atoms with E-state index in [0.717, 1.165) is 32.1 Å². The highest BCUT2D eigenvalue weighted by Crippen LogP contribution is 2.48. The summed E-state index contributed by atoms with van der Waals surface area (Å²) in [7, 11) is 0. The van der Waals surface area contributed by atoms with Crippen LogP contribution in [0.25, 0.3) is 0 Å². The largest absolute Gasteiger partial charge is 0.481 e. The fraction of sp³-hybridized carbons (Fsp3) is 0.500. The molecule has 1 fully saturated rings. The lowest BCUT2D eigenvalue weighted by molar-refractivity contribution is -0.146. The van der Waals surface area contributed by atoms with Gasteiger partial charge < -0.3 is 15.2 Å². The van der Waals surface area contributed by atoms with Gasteiger partial charge >= 0.3 is 11.9 Å². The monoisotopic (exact) mass is 385 g/mol. The zero-order valence-corrected chi connectivity index (χ0v) is 16.1. The topological polar surface area (TPSA) is 92.7 Å². The minimum absolute atomic E-state index is 0.0203. The number of carbonyl (C=O) groups is 3. The molecule has 2 N–H and O–H groups in total. The van der Waals surface area contributed by atoms with Crippen molar-refractivity contribution in [3.8, 4) is 0 Å². The second-order valence-corrected chi connectivity index (χ2v) is 7.60. The van der Waals surface area contributed by atoms with Gasteiger partial charge in [-0.25, -0.2) is 4.79 Å². The molecule has 6 nitrogen and oxygen atoms in total. The van der Waals surface area contributed by atoms with Gasteiger partial charge in [-0.05, 0) is 48.9 Å². The fourth-order valence-corrected chi connectivity index (χ4v) is 4.21. The summed E-state index contributed by atoms with van der Waals surface area (Å²) in [5.41, 5.74) is 0.972. The van der Waals surface area contributed by atoms with Gasteiger partial charge in [-0.2, -0.15) is 0 Å². The van der Waals surface area contributed by atoms with E-state index in [1.165, 1.54) is 0 Å². The summed E-state index contributed by atoms with van der Waals surface area (Å²) in [6.07, 6.45) is 8.75. The van der Waals surface area contributed by atoms with Crippen LogP contribution in [-0.2, 0) is 14.3 Å². The number of unbranched alkanes of at least 4 members (excludes halogenated alkanes) is 3. The van der Waals surface area contributed by atoms with Crippen LogP contribution in [0.4, 0.5) is 5.69 Å². The van der Waals surface area contributed by atoms with E-state index in [1.54, 1.807) is 24.3 Å². The first-order valence-corrected chi connectivity index (χ1v) is 10.0. The molecule has 6 heteroatoms. The molecule has 2 aliphatic carbocycles. The van der Waals surface area contributed by atoms with Crippen LogP contribution in [0.5, 0.6) is 0 Å². The van der Waals surface area contributed by atoms with Gasteiger partial charge in [0.25, 0.3) is 0 Å². The lowest BCUT2D eigenvalue weighted by Crippen LogP contribution is -2.36. The summed E-state index contributed by atoms with van der Waals surface area (Å²) in [6, 6.07) is 6.51. The Hall–Kier alpha value is -2.63. The lowest BCUT2D eigenvalue weighted by Gasteiger charge is -2.23. The number of ether oxygens (including phenoxy) is 1. The molecule has 1 aromatic rings. The van der Waals surface area contributed by atoms with Crippen LogP contribution in [-0.4, -0.2) is 29.6 Å². The standard InChI is InChI=1S/C22H27NO5/c1-2-3-4-5-12-28-22(27)14-8-10-17(11-9-14)23-20(24)18-15-6-7-16(13-15)19(18)21(25)26/h6-11,15-16,18-19H,2-5,12-13H2,1H3,(H,23,24)(H,25,26)/t15-,16-,18-,19+/m0/s1. The van der Waals surface area contributed by atoms with Crippen LogP contribution in [0.15, 0.2) is 36.4 Å². The van der Waals surface area contributed by atoms with Gasteiger partial charge in [0.05, 0.1) is 24.0 Å². The highest BCUT2D eigenvalue weighted by molar-refractivity contribution is 5.97. The van der Waals surface area contributed by atoms with E-state index in [2.05, 4.69) is 12.2 Å². The van der Waals surface area contributed by atoms with Crippen LogP contribution in [0.3, 0.4) is 0 Å². The maximum Gasteiger partial charge on any atom is 0.338 e. The van der Waals surface area contributed by atoms with Crippen molar-refractivity contribution in [2.75, 3.05) is 11.9 Å². The van der Waals surface area contributed by atoms with Crippen LogP contribution in [0.2, 0.25) is 0 Å². The van der Waals surface area contributed by atoms with E-state index in [9.17, 15) is 19.5 Å². The average Bonchev–Trinajstić information content (AvgIpc) is 3.29. The maximum atomic E-state index is 12.7. The summed E-state index contributed by atoms with van der Waals surface area (Å²) in [5, 5.41) is 12.3. The molecule has 0 spiro atoms. The predicted octanol–water partition coefficient (Wildman–Crippen LogP) is 3.89. The van der Waals surface area contributed by atoms with Gasteiger partial charge in [-0.3, -0.25) is 9.59 Å². The summed E-state index contributed by atoms with van der Waals surface area (Å²) < 4.78 is 5.25. The van der Waals surface area contributed by atoms with Crippen molar-refractivity contribution < 1.29 is 24.2 Å². The molecule has 0 aliphatic heterocycles. The number of anilines is 1. The molecular formula is C22H27NO5. The van der Waals surface area contributed by atoms with Crippen LogP contribution in [0, 0.1) is 23.7 Å². The van der Waals surface area contributed by atoms with Gasteiger partial charge in [0.2, 0.25) is 5.91 Å². The molecule has 0 radical (unpaired) electrons. The minimum Gasteiger partial charge on any atom is -0.481 e. The van der Waals surface area contributed by atoms with Crippen molar-refractivity contribution in [3.63, 3.8) is 0 Å². The molecule has 28 heavy (non-hydrogen) atoms. The third-order valence-corrected chi connectivity index (χ3v) is 5.67. The quantitative estimate of drug-likeness (QED) is 0.382. The van der Waals surface area contributed by atoms with Crippen molar-refractivity contribution in [2.45, 2.75) is 39.0 Å². The number of carbonyl (C=O) groups excluding carboxylic acids is 2. The van der Waals surface area contributed by atoms with Gasteiger partial charge in [0, 0.05) is 5.69 Å². The second kappa shape index (κ2) is 9.04. The molecule has 1 saturated carbocycles. The van der Waals surface area contributed by atoms with Crippen molar-refractivity contribution >= 4 is 23.5 Å². The third-order valence-electron chi connectivity index (χ3n) is 5.67. The first-order valence-electron chi connectivity index (χ1n) is 10.0. The number of carboxylic acids is 1. The van der Waals surface area contributed by atoms with Crippen LogP contribution < -0.4 is 5.32 Å².